The number of carbonyl (C=O) groups is 2. The minimum absolute atomic E-state index is 0.0524. The number of Topliss-reactive ketones (excluding diaryl/α,β-unsaturated/α-hetero) is 1. The number of carbonyl (C=O) groups excluding carboxylic acids is 2. The maximum absolute atomic E-state index is 11.6. The Kier molecular flexibility index (Phi) is 5.28. The van der Waals surface area contributed by atoms with Crippen LogP contribution in [-0.2, 0) is 9.53 Å². The van der Waals surface area contributed by atoms with E-state index in [1.165, 1.54) is 4.90 Å². The van der Waals surface area contributed by atoms with Crippen molar-refractivity contribution < 1.29 is 14.3 Å². The molecule has 1 amide bonds. The van der Waals surface area contributed by atoms with Crippen molar-refractivity contribution in [3.8, 4) is 0 Å². The molecule has 0 rings (SSSR count). The summed E-state index contributed by atoms with van der Waals surface area (Å²) in [6.07, 6.45) is -0.482. The summed E-state index contributed by atoms with van der Waals surface area (Å²) in [4.78, 5) is 24.2. The highest BCUT2D eigenvalue weighted by atomic mass is 79.9. The molecule has 4 nitrogen and oxygen atoms in total. The van der Waals surface area contributed by atoms with Crippen molar-refractivity contribution >= 4 is 27.8 Å². The summed E-state index contributed by atoms with van der Waals surface area (Å²) >= 11 is 3.07. The van der Waals surface area contributed by atoms with Crippen molar-refractivity contribution in [2.24, 2.45) is 0 Å². The van der Waals surface area contributed by atoms with Gasteiger partial charge in [0, 0.05) is 7.05 Å². The first-order valence-corrected chi connectivity index (χ1v) is 5.85. The van der Waals surface area contributed by atoms with Gasteiger partial charge in [-0.3, -0.25) is 4.79 Å². The van der Waals surface area contributed by atoms with Gasteiger partial charge in [0.15, 0.2) is 5.78 Å². The molecule has 0 aromatic heterocycles. The van der Waals surface area contributed by atoms with Gasteiger partial charge < -0.3 is 9.64 Å². The zero-order valence-electron chi connectivity index (χ0n) is 9.83. The van der Waals surface area contributed by atoms with Gasteiger partial charge in [0.1, 0.15) is 5.60 Å². The van der Waals surface area contributed by atoms with E-state index < -0.39 is 17.7 Å². The van der Waals surface area contributed by atoms with Crippen LogP contribution in [0.4, 0.5) is 4.79 Å². The van der Waals surface area contributed by atoms with Crippen LogP contribution in [0.15, 0.2) is 0 Å². The topological polar surface area (TPSA) is 46.6 Å². The molecule has 0 aromatic carbocycles. The lowest BCUT2D eigenvalue weighted by molar-refractivity contribution is -0.120. The van der Waals surface area contributed by atoms with E-state index in [9.17, 15) is 9.59 Å². The summed E-state index contributed by atoms with van der Waals surface area (Å²) in [5.41, 5.74) is -0.539. The number of ketones is 1. The SMILES string of the molecule is CC(C(=O)CBr)N(C)C(=O)OC(C)(C)C. The standard InChI is InChI=1S/C10H18BrNO3/c1-7(8(13)6-11)12(5)9(14)15-10(2,3)4/h7H,6H2,1-5H3. The van der Waals surface area contributed by atoms with Crippen molar-refractivity contribution in [2.75, 3.05) is 12.4 Å². The van der Waals surface area contributed by atoms with E-state index >= 15 is 0 Å². The number of amides is 1. The Morgan fingerprint density at radius 3 is 2.20 bits per heavy atom. The fourth-order valence-electron chi connectivity index (χ4n) is 0.820. The van der Waals surface area contributed by atoms with Gasteiger partial charge >= 0.3 is 6.09 Å². The second-order valence-corrected chi connectivity index (χ2v) is 4.93. The molecule has 0 aliphatic heterocycles. The Morgan fingerprint density at radius 1 is 1.40 bits per heavy atom. The zero-order valence-corrected chi connectivity index (χ0v) is 11.4. The minimum atomic E-state index is -0.539. The van der Waals surface area contributed by atoms with E-state index in [1.807, 2.05) is 0 Å². The maximum Gasteiger partial charge on any atom is 0.410 e. The lowest BCUT2D eigenvalue weighted by Crippen LogP contribution is -2.43. The van der Waals surface area contributed by atoms with Gasteiger partial charge in [-0.2, -0.15) is 0 Å². The van der Waals surface area contributed by atoms with Crippen molar-refractivity contribution in [3.05, 3.63) is 0 Å². The van der Waals surface area contributed by atoms with E-state index in [2.05, 4.69) is 15.9 Å². The van der Waals surface area contributed by atoms with Crippen LogP contribution in [0, 0.1) is 0 Å². The fraction of sp³-hybridized carbons (Fsp3) is 0.800. The van der Waals surface area contributed by atoms with Gasteiger partial charge in [-0.15, -0.1) is 0 Å². The fourth-order valence-corrected chi connectivity index (χ4v) is 1.29. The van der Waals surface area contributed by atoms with E-state index in [0.717, 1.165) is 0 Å². The summed E-state index contributed by atoms with van der Waals surface area (Å²) in [5.74, 6) is -0.0524. The van der Waals surface area contributed by atoms with Crippen LogP contribution in [0.2, 0.25) is 0 Å². The van der Waals surface area contributed by atoms with Crippen LogP contribution in [0.5, 0.6) is 0 Å². The third-order valence-corrected chi connectivity index (χ3v) is 2.41. The van der Waals surface area contributed by atoms with Gasteiger partial charge in [0.05, 0.1) is 11.4 Å². The summed E-state index contributed by atoms with van der Waals surface area (Å²) in [6.45, 7) is 7.04. The summed E-state index contributed by atoms with van der Waals surface area (Å²) in [5, 5.41) is 0.237. The second-order valence-electron chi connectivity index (χ2n) is 4.37. The number of alkyl halides is 1. The number of halogens is 1. The highest BCUT2D eigenvalue weighted by Crippen LogP contribution is 2.11. The quantitative estimate of drug-likeness (QED) is 0.745. The van der Waals surface area contributed by atoms with E-state index in [4.69, 9.17) is 4.74 Å². The Balaban J connectivity index is 4.39. The van der Waals surface area contributed by atoms with Crippen molar-refractivity contribution in [2.45, 2.75) is 39.3 Å². The monoisotopic (exact) mass is 279 g/mol. The molecule has 0 saturated carbocycles. The third kappa shape index (κ3) is 5.16. The summed E-state index contributed by atoms with van der Waals surface area (Å²) in [7, 11) is 1.55. The molecule has 0 saturated heterocycles. The van der Waals surface area contributed by atoms with Crippen LogP contribution < -0.4 is 0 Å². The molecule has 0 spiro atoms. The third-order valence-electron chi connectivity index (χ3n) is 1.86. The molecule has 0 radical (unpaired) electrons. The summed E-state index contributed by atoms with van der Waals surface area (Å²) < 4.78 is 5.13. The van der Waals surface area contributed by atoms with Crippen LogP contribution in [-0.4, -0.2) is 40.8 Å². The molecule has 5 heteroatoms. The molecule has 1 atom stereocenters. The molecule has 0 aliphatic rings. The largest absolute Gasteiger partial charge is 0.444 e. The highest BCUT2D eigenvalue weighted by Gasteiger charge is 2.25. The predicted octanol–water partition coefficient (Wildman–Crippen LogP) is 2.21. The molecule has 0 fully saturated rings. The molecule has 88 valence electrons. The Labute approximate surface area is 99.1 Å². The molecule has 0 aromatic rings. The van der Waals surface area contributed by atoms with E-state index in [-0.39, 0.29) is 11.1 Å². The molecular formula is C10H18BrNO3. The van der Waals surface area contributed by atoms with E-state index in [1.54, 1.807) is 34.7 Å². The lowest BCUT2D eigenvalue weighted by atomic mass is 10.2. The average molecular weight is 280 g/mol. The second kappa shape index (κ2) is 5.49. The van der Waals surface area contributed by atoms with Gasteiger partial charge in [-0.25, -0.2) is 4.79 Å². The molecule has 0 heterocycles. The zero-order chi connectivity index (χ0) is 12.2. The van der Waals surface area contributed by atoms with Crippen LogP contribution in [0.25, 0.3) is 0 Å². The number of ether oxygens (including phenoxy) is 1. The maximum atomic E-state index is 11.6. The van der Waals surface area contributed by atoms with Crippen molar-refractivity contribution in [1.82, 2.24) is 4.90 Å². The number of nitrogens with zero attached hydrogens (tertiary/aromatic N) is 1. The van der Waals surface area contributed by atoms with E-state index in [0.29, 0.717) is 0 Å². The Hall–Kier alpha value is -0.580. The Bertz CT molecular complexity index is 248. The first-order valence-electron chi connectivity index (χ1n) is 4.73. The van der Waals surface area contributed by atoms with Gasteiger partial charge in [-0.05, 0) is 27.7 Å². The smallest absolute Gasteiger partial charge is 0.410 e. The molecular weight excluding hydrogens is 262 g/mol. The molecule has 0 N–H and O–H groups in total. The molecule has 0 aliphatic carbocycles. The van der Waals surface area contributed by atoms with Gasteiger partial charge in [0.2, 0.25) is 0 Å². The first-order chi connectivity index (χ1) is 6.69. The van der Waals surface area contributed by atoms with Crippen LogP contribution in [0.1, 0.15) is 27.7 Å². The minimum Gasteiger partial charge on any atom is -0.444 e. The van der Waals surface area contributed by atoms with Crippen LogP contribution in [0.3, 0.4) is 0 Å². The number of hydrogen-bond donors (Lipinski definition) is 0. The normalized spacial score (nSPS) is 13.2. The number of hydrogen-bond acceptors (Lipinski definition) is 3. The average Bonchev–Trinajstić information content (AvgIpc) is 2.11. The number of likely N-dealkylation sites (N-methyl/N-ethyl adjacent to an activating group) is 1. The predicted molar refractivity (Wildman–Crippen MR) is 62.3 cm³/mol. The van der Waals surface area contributed by atoms with Gasteiger partial charge in [0.25, 0.3) is 0 Å². The van der Waals surface area contributed by atoms with Crippen molar-refractivity contribution in [3.63, 3.8) is 0 Å². The summed E-state index contributed by atoms with van der Waals surface area (Å²) in [6, 6.07) is -0.473. The lowest BCUT2D eigenvalue weighted by Gasteiger charge is -2.27. The number of rotatable bonds is 3. The molecule has 0 bridgehead atoms. The highest BCUT2D eigenvalue weighted by molar-refractivity contribution is 9.09. The first kappa shape index (κ1) is 14.4. The Morgan fingerprint density at radius 2 is 1.87 bits per heavy atom. The van der Waals surface area contributed by atoms with Crippen LogP contribution >= 0.6 is 15.9 Å². The van der Waals surface area contributed by atoms with Gasteiger partial charge in [-0.1, -0.05) is 15.9 Å². The molecule has 1 unspecified atom stereocenters. The molecule has 15 heavy (non-hydrogen) atoms. The van der Waals surface area contributed by atoms with Crippen molar-refractivity contribution in [1.29, 1.82) is 0 Å².